The van der Waals surface area contributed by atoms with Crippen LogP contribution < -0.4 is 21.5 Å². The summed E-state index contributed by atoms with van der Waals surface area (Å²) >= 11 is 4.35. The monoisotopic (exact) mass is 214 g/mol. The molecule has 0 aromatic rings. The Kier molecular flexibility index (Phi) is 2.45. The van der Waals surface area contributed by atoms with Gasteiger partial charge in [0, 0.05) is 6.04 Å². The zero-order valence-electron chi connectivity index (χ0n) is 8.16. The van der Waals surface area contributed by atoms with E-state index in [1.165, 1.54) is 25.7 Å². The third-order valence-corrected chi connectivity index (χ3v) is 4.04. The highest BCUT2D eigenvalue weighted by molar-refractivity contribution is 7.80. The Morgan fingerprint density at radius 1 is 1.00 bits per heavy atom. The van der Waals surface area contributed by atoms with Crippen molar-refractivity contribution in [2.75, 3.05) is 0 Å². The summed E-state index contributed by atoms with van der Waals surface area (Å²) in [6.07, 6.45) is 5.85. The first-order valence-corrected chi connectivity index (χ1v) is 6.07. The van der Waals surface area contributed by atoms with Crippen molar-refractivity contribution >= 4 is 12.6 Å². The van der Waals surface area contributed by atoms with E-state index in [-0.39, 0.29) is 5.50 Å². The molecular weight excluding hydrogens is 196 g/mol. The lowest BCUT2D eigenvalue weighted by Gasteiger charge is -2.35. The summed E-state index contributed by atoms with van der Waals surface area (Å²) in [5.41, 5.74) is 6.59. The van der Waals surface area contributed by atoms with E-state index >= 15 is 0 Å². The number of rotatable bonds is 0. The van der Waals surface area contributed by atoms with Crippen molar-refractivity contribution < 1.29 is 0 Å². The molecule has 3 aliphatic rings. The fourth-order valence-electron chi connectivity index (χ4n) is 3.11. The molecule has 5 atom stereocenters. The average Bonchev–Trinajstić information content (AvgIpc) is 2.54. The van der Waals surface area contributed by atoms with Gasteiger partial charge in [-0.2, -0.15) is 0 Å². The predicted molar refractivity (Wildman–Crippen MR) is 58.6 cm³/mol. The van der Waals surface area contributed by atoms with Gasteiger partial charge in [0.25, 0.3) is 0 Å². The van der Waals surface area contributed by atoms with Crippen LogP contribution in [0.3, 0.4) is 0 Å². The molecule has 0 bridgehead atoms. The van der Waals surface area contributed by atoms with Gasteiger partial charge in [-0.1, -0.05) is 12.8 Å². The Hall–Kier alpha value is 0.190. The van der Waals surface area contributed by atoms with Crippen LogP contribution in [0.5, 0.6) is 0 Å². The molecule has 0 aromatic heterocycles. The summed E-state index contributed by atoms with van der Waals surface area (Å²) in [4.78, 5) is 0. The van der Waals surface area contributed by atoms with Gasteiger partial charge >= 0.3 is 0 Å². The van der Waals surface area contributed by atoms with Crippen molar-refractivity contribution in [3.8, 4) is 0 Å². The highest BCUT2D eigenvalue weighted by atomic mass is 32.1. The largest absolute Gasteiger partial charge is 0.297 e. The molecule has 3 rings (SSSR count). The van der Waals surface area contributed by atoms with Crippen molar-refractivity contribution in [2.45, 2.75) is 49.4 Å². The van der Waals surface area contributed by atoms with Crippen LogP contribution in [0, 0.1) is 5.92 Å². The Labute approximate surface area is 90.0 Å². The first kappa shape index (κ1) is 9.42. The molecule has 0 spiro atoms. The van der Waals surface area contributed by atoms with E-state index in [4.69, 9.17) is 0 Å². The van der Waals surface area contributed by atoms with E-state index in [0.717, 1.165) is 5.92 Å². The highest BCUT2D eigenvalue weighted by Crippen LogP contribution is 2.33. The lowest BCUT2D eigenvalue weighted by atomic mass is 9.83. The normalized spacial score (nSPS) is 52.5. The standard InChI is InChI=1S/C9H18N4S/c14-9-11-8-7(12-13-9)5-3-1-2-4-6(5)10-8/h5-14H,1-4H2. The molecule has 1 aliphatic carbocycles. The second kappa shape index (κ2) is 3.64. The number of hydrogen-bond acceptors (Lipinski definition) is 5. The summed E-state index contributed by atoms with van der Waals surface area (Å²) in [6, 6.07) is 1.24. The van der Waals surface area contributed by atoms with Gasteiger partial charge in [0.1, 0.15) is 5.50 Å². The lowest BCUT2D eigenvalue weighted by Crippen LogP contribution is -2.67. The molecule has 5 heteroatoms. The fraction of sp³-hybridized carbons (Fsp3) is 1.00. The molecule has 4 N–H and O–H groups in total. The van der Waals surface area contributed by atoms with Crippen LogP contribution in [-0.4, -0.2) is 23.7 Å². The smallest absolute Gasteiger partial charge is 0.116 e. The number of thiol groups is 1. The zero-order chi connectivity index (χ0) is 9.54. The van der Waals surface area contributed by atoms with Crippen LogP contribution in [0.15, 0.2) is 0 Å². The second-order valence-electron chi connectivity index (χ2n) is 4.58. The first-order valence-electron chi connectivity index (χ1n) is 5.56. The van der Waals surface area contributed by atoms with Crippen LogP contribution in [0.4, 0.5) is 0 Å². The summed E-state index contributed by atoms with van der Waals surface area (Å²) in [7, 11) is 0. The Morgan fingerprint density at radius 3 is 2.79 bits per heavy atom. The zero-order valence-corrected chi connectivity index (χ0v) is 9.06. The quantitative estimate of drug-likeness (QED) is 0.361. The van der Waals surface area contributed by atoms with E-state index < -0.39 is 0 Å². The van der Waals surface area contributed by atoms with Gasteiger partial charge in [0.15, 0.2) is 0 Å². The Balaban J connectivity index is 1.74. The molecule has 5 unspecified atom stereocenters. The second-order valence-corrected chi connectivity index (χ2v) is 5.10. The van der Waals surface area contributed by atoms with Crippen LogP contribution in [0.25, 0.3) is 0 Å². The van der Waals surface area contributed by atoms with Gasteiger partial charge in [0.05, 0.1) is 12.2 Å². The third-order valence-electron chi connectivity index (χ3n) is 3.76. The maximum atomic E-state index is 4.35. The SMILES string of the molecule is SC1NNC2C(N1)NC1CCCCC12. The summed E-state index contributed by atoms with van der Waals surface area (Å²) in [5, 5.41) is 7.08. The van der Waals surface area contributed by atoms with Crippen LogP contribution in [0.1, 0.15) is 25.7 Å². The molecule has 0 amide bonds. The van der Waals surface area contributed by atoms with E-state index in [9.17, 15) is 0 Å². The van der Waals surface area contributed by atoms with Gasteiger partial charge in [0.2, 0.25) is 0 Å². The van der Waals surface area contributed by atoms with Crippen LogP contribution >= 0.6 is 12.6 Å². The molecule has 1 saturated carbocycles. The Bertz CT molecular complexity index is 225. The maximum Gasteiger partial charge on any atom is 0.116 e. The molecule has 80 valence electrons. The Morgan fingerprint density at radius 2 is 1.86 bits per heavy atom. The number of hydrogen-bond donors (Lipinski definition) is 5. The van der Waals surface area contributed by atoms with Gasteiger partial charge < -0.3 is 0 Å². The molecule has 2 aliphatic heterocycles. The maximum absolute atomic E-state index is 4.35. The van der Waals surface area contributed by atoms with Gasteiger partial charge in [-0.15, -0.1) is 12.6 Å². The van der Waals surface area contributed by atoms with E-state index in [2.05, 4.69) is 34.1 Å². The van der Waals surface area contributed by atoms with Crippen molar-refractivity contribution in [2.24, 2.45) is 5.92 Å². The van der Waals surface area contributed by atoms with Crippen molar-refractivity contribution in [3.63, 3.8) is 0 Å². The molecule has 2 saturated heterocycles. The van der Waals surface area contributed by atoms with Crippen LogP contribution in [0.2, 0.25) is 0 Å². The topological polar surface area (TPSA) is 48.1 Å². The number of nitrogens with one attached hydrogen (secondary N) is 4. The van der Waals surface area contributed by atoms with Gasteiger partial charge in [-0.05, 0) is 18.8 Å². The molecular formula is C9H18N4S. The molecule has 3 fully saturated rings. The minimum absolute atomic E-state index is 0.0592. The lowest BCUT2D eigenvalue weighted by molar-refractivity contribution is 0.214. The third kappa shape index (κ3) is 1.47. The minimum Gasteiger partial charge on any atom is -0.297 e. The van der Waals surface area contributed by atoms with Crippen LogP contribution in [-0.2, 0) is 0 Å². The summed E-state index contributed by atoms with van der Waals surface area (Å²) in [6.45, 7) is 0. The van der Waals surface area contributed by atoms with Crippen molar-refractivity contribution in [1.82, 2.24) is 21.5 Å². The summed E-state index contributed by atoms with van der Waals surface area (Å²) in [5.74, 6) is 0.787. The van der Waals surface area contributed by atoms with Gasteiger partial charge in [-0.25, -0.2) is 10.9 Å². The molecule has 14 heavy (non-hydrogen) atoms. The fourth-order valence-corrected chi connectivity index (χ4v) is 3.34. The molecule has 4 nitrogen and oxygen atoms in total. The molecule has 0 radical (unpaired) electrons. The number of fused-ring (bicyclic) bond motifs is 3. The first-order chi connectivity index (χ1) is 6.84. The van der Waals surface area contributed by atoms with Crippen molar-refractivity contribution in [1.29, 1.82) is 0 Å². The minimum atomic E-state index is 0.0592. The highest BCUT2D eigenvalue weighted by Gasteiger charge is 2.45. The van der Waals surface area contributed by atoms with E-state index in [1.807, 2.05) is 0 Å². The van der Waals surface area contributed by atoms with E-state index in [1.54, 1.807) is 0 Å². The van der Waals surface area contributed by atoms with Gasteiger partial charge in [-0.3, -0.25) is 10.6 Å². The summed E-state index contributed by atoms with van der Waals surface area (Å²) < 4.78 is 0. The van der Waals surface area contributed by atoms with Crippen molar-refractivity contribution in [3.05, 3.63) is 0 Å². The van der Waals surface area contributed by atoms with E-state index in [0.29, 0.717) is 18.2 Å². The molecule has 0 aromatic carbocycles. The number of hydrazine groups is 1. The predicted octanol–water partition coefficient (Wildman–Crippen LogP) is -0.246. The average molecular weight is 214 g/mol. The molecule has 2 heterocycles.